The summed E-state index contributed by atoms with van der Waals surface area (Å²) in [5.41, 5.74) is 7.06. The van der Waals surface area contributed by atoms with Crippen molar-refractivity contribution in [1.29, 1.82) is 0 Å². The minimum absolute atomic E-state index is 0.144. The fourth-order valence-electron chi connectivity index (χ4n) is 2.80. The molecule has 0 amide bonds. The molecular formula is C15H22FNO. The number of nitrogens with two attached hydrogens (primary N) is 1. The minimum atomic E-state index is -0.186. The number of hydrogen-bond donors (Lipinski definition) is 1. The van der Waals surface area contributed by atoms with Crippen LogP contribution in [0.15, 0.2) is 18.2 Å². The zero-order valence-corrected chi connectivity index (χ0v) is 11.2. The number of rotatable bonds is 5. The van der Waals surface area contributed by atoms with Gasteiger partial charge in [-0.2, -0.15) is 0 Å². The SMILES string of the molecule is CCC(CC)(CN)CC1Cc2cc(F)ccc2O1. The van der Waals surface area contributed by atoms with Crippen LogP contribution in [0, 0.1) is 11.2 Å². The van der Waals surface area contributed by atoms with Gasteiger partial charge in [0.15, 0.2) is 0 Å². The van der Waals surface area contributed by atoms with Crippen LogP contribution >= 0.6 is 0 Å². The van der Waals surface area contributed by atoms with Gasteiger partial charge in [-0.25, -0.2) is 4.39 Å². The molecule has 2 N–H and O–H groups in total. The summed E-state index contributed by atoms with van der Waals surface area (Å²) in [5, 5.41) is 0. The van der Waals surface area contributed by atoms with Gasteiger partial charge in [-0.15, -0.1) is 0 Å². The Kier molecular flexibility index (Phi) is 3.91. The highest BCUT2D eigenvalue weighted by molar-refractivity contribution is 5.37. The summed E-state index contributed by atoms with van der Waals surface area (Å²) >= 11 is 0. The topological polar surface area (TPSA) is 35.2 Å². The molecule has 0 spiro atoms. The van der Waals surface area contributed by atoms with Gasteiger partial charge in [-0.05, 0) is 49.4 Å². The Hall–Kier alpha value is -1.09. The Morgan fingerprint density at radius 1 is 1.39 bits per heavy atom. The lowest BCUT2D eigenvalue weighted by molar-refractivity contribution is 0.130. The van der Waals surface area contributed by atoms with Crippen LogP contribution in [0.2, 0.25) is 0 Å². The van der Waals surface area contributed by atoms with E-state index >= 15 is 0 Å². The molecule has 100 valence electrons. The Morgan fingerprint density at radius 3 is 2.72 bits per heavy atom. The van der Waals surface area contributed by atoms with E-state index in [1.165, 1.54) is 6.07 Å². The van der Waals surface area contributed by atoms with Crippen LogP contribution in [-0.2, 0) is 6.42 Å². The molecule has 2 rings (SSSR count). The Labute approximate surface area is 108 Å². The summed E-state index contributed by atoms with van der Waals surface area (Å²) in [6, 6.07) is 4.76. The first kappa shape index (κ1) is 13.3. The second-order valence-electron chi connectivity index (χ2n) is 5.31. The van der Waals surface area contributed by atoms with Crippen LogP contribution in [0.5, 0.6) is 5.75 Å². The highest BCUT2D eigenvalue weighted by Gasteiger charge is 2.33. The molecule has 2 nitrogen and oxygen atoms in total. The molecule has 0 aliphatic carbocycles. The first-order valence-electron chi connectivity index (χ1n) is 6.77. The highest BCUT2D eigenvalue weighted by atomic mass is 19.1. The molecule has 1 aromatic rings. The third kappa shape index (κ3) is 2.51. The number of ether oxygens (including phenoxy) is 1. The fraction of sp³-hybridized carbons (Fsp3) is 0.600. The van der Waals surface area contributed by atoms with Crippen molar-refractivity contribution in [3.8, 4) is 5.75 Å². The standard InChI is InChI=1S/C15H22FNO/c1-3-15(4-2,10-17)9-13-8-11-7-12(16)5-6-14(11)18-13/h5-7,13H,3-4,8-10,17H2,1-2H3. The van der Waals surface area contributed by atoms with Gasteiger partial charge in [0.2, 0.25) is 0 Å². The van der Waals surface area contributed by atoms with Crippen molar-refractivity contribution in [2.75, 3.05) is 6.54 Å². The zero-order valence-electron chi connectivity index (χ0n) is 11.2. The average molecular weight is 251 g/mol. The van der Waals surface area contributed by atoms with Crippen molar-refractivity contribution in [3.63, 3.8) is 0 Å². The molecule has 0 aromatic heterocycles. The van der Waals surface area contributed by atoms with E-state index in [4.69, 9.17) is 10.5 Å². The second kappa shape index (κ2) is 5.27. The van der Waals surface area contributed by atoms with Gasteiger partial charge in [-0.3, -0.25) is 0 Å². The third-order valence-corrected chi connectivity index (χ3v) is 4.36. The molecule has 0 saturated heterocycles. The normalized spacial score (nSPS) is 18.6. The van der Waals surface area contributed by atoms with Crippen LogP contribution < -0.4 is 10.5 Å². The molecule has 18 heavy (non-hydrogen) atoms. The Morgan fingerprint density at radius 2 is 2.11 bits per heavy atom. The van der Waals surface area contributed by atoms with E-state index in [1.54, 1.807) is 12.1 Å². The van der Waals surface area contributed by atoms with E-state index in [9.17, 15) is 4.39 Å². The van der Waals surface area contributed by atoms with E-state index < -0.39 is 0 Å². The molecule has 0 radical (unpaired) electrons. The number of benzene rings is 1. The Balaban J connectivity index is 2.07. The third-order valence-electron chi connectivity index (χ3n) is 4.36. The van der Waals surface area contributed by atoms with Gasteiger partial charge in [0, 0.05) is 12.0 Å². The Bertz CT molecular complexity index is 407. The molecule has 3 heteroatoms. The van der Waals surface area contributed by atoms with E-state index in [2.05, 4.69) is 13.8 Å². The van der Waals surface area contributed by atoms with Crippen LogP contribution in [0.3, 0.4) is 0 Å². The number of fused-ring (bicyclic) bond motifs is 1. The average Bonchev–Trinajstić information content (AvgIpc) is 2.77. The molecular weight excluding hydrogens is 229 g/mol. The lowest BCUT2D eigenvalue weighted by Gasteiger charge is -2.32. The zero-order chi connectivity index (χ0) is 13.2. The van der Waals surface area contributed by atoms with Crippen LogP contribution in [-0.4, -0.2) is 12.6 Å². The monoisotopic (exact) mass is 251 g/mol. The molecule has 0 fully saturated rings. The van der Waals surface area contributed by atoms with Gasteiger partial charge in [0.05, 0.1) is 0 Å². The summed E-state index contributed by atoms with van der Waals surface area (Å²) < 4.78 is 19.1. The maximum Gasteiger partial charge on any atom is 0.123 e. The van der Waals surface area contributed by atoms with Gasteiger partial charge in [-0.1, -0.05) is 13.8 Å². The molecule has 1 aromatic carbocycles. The van der Waals surface area contributed by atoms with Crippen molar-refractivity contribution in [2.45, 2.75) is 45.6 Å². The first-order chi connectivity index (χ1) is 8.62. The smallest absolute Gasteiger partial charge is 0.123 e. The van der Waals surface area contributed by atoms with Crippen molar-refractivity contribution in [1.82, 2.24) is 0 Å². The fourth-order valence-corrected chi connectivity index (χ4v) is 2.80. The first-order valence-corrected chi connectivity index (χ1v) is 6.77. The molecule has 1 aliphatic heterocycles. The van der Waals surface area contributed by atoms with Crippen molar-refractivity contribution in [3.05, 3.63) is 29.6 Å². The van der Waals surface area contributed by atoms with E-state index in [1.807, 2.05) is 0 Å². The van der Waals surface area contributed by atoms with Gasteiger partial charge in [0.25, 0.3) is 0 Å². The summed E-state index contributed by atoms with van der Waals surface area (Å²) in [6.45, 7) is 5.04. The van der Waals surface area contributed by atoms with Gasteiger partial charge in [0.1, 0.15) is 17.7 Å². The molecule has 0 bridgehead atoms. The predicted octanol–water partition coefficient (Wildman–Crippen LogP) is 3.28. The molecule has 1 unspecified atom stereocenters. The van der Waals surface area contributed by atoms with E-state index in [0.717, 1.165) is 37.0 Å². The van der Waals surface area contributed by atoms with Crippen LogP contribution in [0.1, 0.15) is 38.7 Å². The van der Waals surface area contributed by atoms with Crippen LogP contribution in [0.4, 0.5) is 4.39 Å². The summed E-state index contributed by atoms with van der Waals surface area (Å²) in [6.07, 6.45) is 4.02. The van der Waals surface area contributed by atoms with Gasteiger partial charge < -0.3 is 10.5 Å². The van der Waals surface area contributed by atoms with Gasteiger partial charge >= 0.3 is 0 Å². The molecule has 1 aliphatic rings. The summed E-state index contributed by atoms with van der Waals surface area (Å²) in [5.74, 6) is 0.647. The van der Waals surface area contributed by atoms with E-state index in [0.29, 0.717) is 6.54 Å². The lowest BCUT2D eigenvalue weighted by Crippen LogP contribution is -2.34. The molecule has 0 saturated carbocycles. The second-order valence-corrected chi connectivity index (χ2v) is 5.31. The lowest BCUT2D eigenvalue weighted by atomic mass is 9.77. The summed E-state index contributed by atoms with van der Waals surface area (Å²) in [7, 11) is 0. The summed E-state index contributed by atoms with van der Waals surface area (Å²) in [4.78, 5) is 0. The van der Waals surface area contributed by atoms with Crippen molar-refractivity contribution >= 4 is 0 Å². The van der Waals surface area contributed by atoms with Crippen molar-refractivity contribution in [2.24, 2.45) is 11.1 Å². The quantitative estimate of drug-likeness (QED) is 0.871. The van der Waals surface area contributed by atoms with Crippen molar-refractivity contribution < 1.29 is 9.13 Å². The predicted molar refractivity (Wildman–Crippen MR) is 71.2 cm³/mol. The highest BCUT2D eigenvalue weighted by Crippen LogP contribution is 2.37. The maximum atomic E-state index is 13.1. The van der Waals surface area contributed by atoms with Crippen LogP contribution in [0.25, 0.3) is 0 Å². The molecule has 1 heterocycles. The minimum Gasteiger partial charge on any atom is -0.490 e. The largest absolute Gasteiger partial charge is 0.490 e. The van der Waals surface area contributed by atoms with E-state index in [-0.39, 0.29) is 17.3 Å². The number of halogens is 1. The maximum absolute atomic E-state index is 13.1. The molecule has 1 atom stereocenters. The number of hydrogen-bond acceptors (Lipinski definition) is 2.